The van der Waals surface area contributed by atoms with E-state index in [1.54, 1.807) is 0 Å². The van der Waals surface area contributed by atoms with Gasteiger partial charge >= 0.3 is 0 Å². The Labute approximate surface area is 132 Å². The third-order valence-corrected chi connectivity index (χ3v) is 4.31. The van der Waals surface area contributed by atoms with Gasteiger partial charge in [0.25, 0.3) is 0 Å². The maximum Gasteiger partial charge on any atom is 0.238 e. The fraction of sp³-hybridized carbons (Fsp3) is 0.316. The Kier molecular flexibility index (Phi) is 4.54. The summed E-state index contributed by atoms with van der Waals surface area (Å²) >= 11 is 0. The summed E-state index contributed by atoms with van der Waals surface area (Å²) in [5, 5.41) is 3.03. The predicted octanol–water partition coefficient (Wildman–Crippen LogP) is 3.77. The molecule has 3 heteroatoms. The van der Waals surface area contributed by atoms with Crippen LogP contribution in [-0.4, -0.2) is 23.9 Å². The van der Waals surface area contributed by atoms with E-state index in [4.69, 9.17) is 0 Å². The second-order valence-electron chi connectivity index (χ2n) is 5.90. The first-order valence-corrected chi connectivity index (χ1v) is 7.88. The summed E-state index contributed by atoms with van der Waals surface area (Å²) in [4.78, 5) is 14.6. The lowest BCUT2D eigenvalue weighted by molar-refractivity contribution is -0.117. The highest BCUT2D eigenvalue weighted by atomic mass is 16.2. The number of amides is 1. The standard InChI is InChI=1S/C19H22N2O/c1-15-8-5-6-11-17(15)20-19(22)14-21-13-7-12-18(21)16-9-3-2-4-10-16/h2-6,8-11,18H,7,12-14H2,1H3,(H,20,22). The minimum absolute atomic E-state index is 0.0668. The van der Waals surface area contributed by atoms with Crippen LogP contribution in [0.3, 0.4) is 0 Å². The van der Waals surface area contributed by atoms with E-state index < -0.39 is 0 Å². The molecule has 0 spiro atoms. The number of nitrogens with one attached hydrogen (secondary N) is 1. The number of carbonyl (C=O) groups is 1. The quantitative estimate of drug-likeness (QED) is 0.931. The molecule has 1 atom stereocenters. The molecule has 1 aliphatic heterocycles. The van der Waals surface area contributed by atoms with Crippen molar-refractivity contribution >= 4 is 11.6 Å². The van der Waals surface area contributed by atoms with Crippen molar-refractivity contribution in [3.8, 4) is 0 Å². The number of nitrogens with zero attached hydrogens (tertiary/aromatic N) is 1. The highest BCUT2D eigenvalue weighted by molar-refractivity contribution is 5.93. The van der Waals surface area contributed by atoms with Gasteiger partial charge in [-0.05, 0) is 43.5 Å². The minimum atomic E-state index is 0.0668. The summed E-state index contributed by atoms with van der Waals surface area (Å²) in [6, 6.07) is 18.7. The van der Waals surface area contributed by atoms with Crippen LogP contribution in [0.25, 0.3) is 0 Å². The molecule has 1 aliphatic rings. The average Bonchev–Trinajstić information content (AvgIpc) is 2.98. The van der Waals surface area contributed by atoms with Gasteiger partial charge in [-0.1, -0.05) is 48.5 Å². The molecule has 3 nitrogen and oxygen atoms in total. The number of hydrogen-bond acceptors (Lipinski definition) is 2. The van der Waals surface area contributed by atoms with Gasteiger partial charge in [0.05, 0.1) is 6.54 Å². The molecule has 1 saturated heterocycles. The van der Waals surface area contributed by atoms with Gasteiger partial charge in [-0.15, -0.1) is 0 Å². The van der Waals surface area contributed by atoms with Crippen LogP contribution in [-0.2, 0) is 4.79 Å². The molecule has 1 fully saturated rings. The molecule has 0 aliphatic carbocycles. The molecule has 0 bridgehead atoms. The van der Waals surface area contributed by atoms with Crippen molar-refractivity contribution in [2.45, 2.75) is 25.8 Å². The lowest BCUT2D eigenvalue weighted by atomic mass is 10.0. The van der Waals surface area contributed by atoms with Crippen molar-refractivity contribution in [1.82, 2.24) is 4.90 Å². The Morgan fingerprint density at radius 2 is 1.86 bits per heavy atom. The van der Waals surface area contributed by atoms with E-state index in [0.717, 1.165) is 30.6 Å². The van der Waals surface area contributed by atoms with Crippen LogP contribution in [0.5, 0.6) is 0 Å². The van der Waals surface area contributed by atoms with Gasteiger partial charge in [-0.3, -0.25) is 9.69 Å². The highest BCUT2D eigenvalue weighted by Gasteiger charge is 2.27. The summed E-state index contributed by atoms with van der Waals surface area (Å²) in [6.45, 7) is 3.45. The van der Waals surface area contributed by atoms with Crippen LogP contribution >= 0.6 is 0 Å². The zero-order valence-electron chi connectivity index (χ0n) is 13.0. The van der Waals surface area contributed by atoms with Crippen molar-refractivity contribution in [3.63, 3.8) is 0 Å². The van der Waals surface area contributed by atoms with Gasteiger partial charge in [0.2, 0.25) is 5.91 Å². The highest BCUT2D eigenvalue weighted by Crippen LogP contribution is 2.31. The molecule has 1 amide bonds. The second-order valence-corrected chi connectivity index (χ2v) is 5.90. The van der Waals surface area contributed by atoms with Crippen LogP contribution < -0.4 is 5.32 Å². The number of hydrogen-bond donors (Lipinski definition) is 1. The Balaban J connectivity index is 1.65. The minimum Gasteiger partial charge on any atom is -0.325 e. The Morgan fingerprint density at radius 1 is 1.14 bits per heavy atom. The van der Waals surface area contributed by atoms with Crippen LogP contribution in [0.15, 0.2) is 54.6 Å². The molecular weight excluding hydrogens is 272 g/mol. The molecule has 0 radical (unpaired) electrons. The first kappa shape index (κ1) is 14.8. The lowest BCUT2D eigenvalue weighted by Crippen LogP contribution is -2.33. The first-order valence-electron chi connectivity index (χ1n) is 7.88. The van der Waals surface area contributed by atoms with E-state index in [1.165, 1.54) is 5.56 Å². The molecule has 3 rings (SSSR count). The number of aryl methyl sites for hydroxylation is 1. The molecule has 0 saturated carbocycles. The van der Waals surface area contributed by atoms with Crippen molar-refractivity contribution in [2.75, 3.05) is 18.4 Å². The molecule has 114 valence electrons. The monoisotopic (exact) mass is 294 g/mol. The summed E-state index contributed by atoms with van der Waals surface area (Å²) in [5.41, 5.74) is 3.31. The van der Waals surface area contributed by atoms with Crippen molar-refractivity contribution < 1.29 is 4.79 Å². The summed E-state index contributed by atoms with van der Waals surface area (Å²) < 4.78 is 0. The van der Waals surface area contributed by atoms with Crippen LogP contribution in [0, 0.1) is 6.92 Å². The molecule has 1 N–H and O–H groups in total. The lowest BCUT2D eigenvalue weighted by Gasteiger charge is -2.24. The van der Waals surface area contributed by atoms with Crippen LogP contribution in [0.2, 0.25) is 0 Å². The van der Waals surface area contributed by atoms with Crippen molar-refractivity contribution in [2.24, 2.45) is 0 Å². The molecule has 1 unspecified atom stereocenters. The van der Waals surface area contributed by atoms with E-state index in [2.05, 4.69) is 34.5 Å². The van der Waals surface area contributed by atoms with E-state index >= 15 is 0 Å². The largest absolute Gasteiger partial charge is 0.325 e. The Hall–Kier alpha value is -2.13. The van der Waals surface area contributed by atoms with E-state index in [1.807, 2.05) is 37.3 Å². The van der Waals surface area contributed by atoms with Crippen molar-refractivity contribution in [1.29, 1.82) is 0 Å². The van der Waals surface area contributed by atoms with Gasteiger partial charge in [0, 0.05) is 11.7 Å². The Bertz CT molecular complexity index is 639. The van der Waals surface area contributed by atoms with Gasteiger partial charge in [-0.2, -0.15) is 0 Å². The van der Waals surface area contributed by atoms with E-state index in [0.29, 0.717) is 12.6 Å². The predicted molar refractivity (Wildman–Crippen MR) is 89.8 cm³/mol. The number of benzene rings is 2. The number of likely N-dealkylation sites (tertiary alicyclic amines) is 1. The fourth-order valence-corrected chi connectivity index (χ4v) is 3.16. The average molecular weight is 294 g/mol. The Morgan fingerprint density at radius 3 is 2.64 bits per heavy atom. The normalized spacial score (nSPS) is 18.3. The number of rotatable bonds is 4. The van der Waals surface area contributed by atoms with E-state index in [9.17, 15) is 4.79 Å². The topological polar surface area (TPSA) is 32.3 Å². The maximum atomic E-state index is 12.3. The molecule has 2 aromatic rings. The van der Waals surface area contributed by atoms with Gasteiger partial charge in [0.1, 0.15) is 0 Å². The number of para-hydroxylation sites is 1. The zero-order valence-corrected chi connectivity index (χ0v) is 13.0. The maximum absolute atomic E-state index is 12.3. The van der Waals surface area contributed by atoms with E-state index in [-0.39, 0.29) is 5.91 Å². The van der Waals surface area contributed by atoms with Crippen LogP contribution in [0.1, 0.15) is 30.0 Å². The molecule has 2 aromatic carbocycles. The zero-order chi connectivity index (χ0) is 15.4. The molecule has 22 heavy (non-hydrogen) atoms. The van der Waals surface area contributed by atoms with Crippen molar-refractivity contribution in [3.05, 3.63) is 65.7 Å². The third-order valence-electron chi connectivity index (χ3n) is 4.31. The smallest absolute Gasteiger partial charge is 0.238 e. The summed E-state index contributed by atoms with van der Waals surface area (Å²) in [6.07, 6.45) is 2.28. The summed E-state index contributed by atoms with van der Waals surface area (Å²) in [5.74, 6) is 0.0668. The number of anilines is 1. The van der Waals surface area contributed by atoms with Crippen LogP contribution in [0.4, 0.5) is 5.69 Å². The van der Waals surface area contributed by atoms with Gasteiger partial charge < -0.3 is 5.32 Å². The first-order chi connectivity index (χ1) is 10.7. The van der Waals surface area contributed by atoms with Gasteiger partial charge in [-0.25, -0.2) is 0 Å². The summed E-state index contributed by atoms with van der Waals surface area (Å²) in [7, 11) is 0. The SMILES string of the molecule is Cc1ccccc1NC(=O)CN1CCCC1c1ccccc1. The third kappa shape index (κ3) is 3.37. The number of carbonyl (C=O) groups excluding carboxylic acids is 1. The fourth-order valence-electron chi connectivity index (χ4n) is 3.16. The molecule has 0 aromatic heterocycles. The second kappa shape index (κ2) is 6.75. The van der Waals surface area contributed by atoms with Gasteiger partial charge in [0.15, 0.2) is 0 Å². The molecular formula is C19H22N2O. The molecule has 1 heterocycles.